The van der Waals surface area contributed by atoms with Crippen molar-refractivity contribution >= 4 is 22.6 Å². The maximum absolute atomic E-state index is 11.0. The first-order valence-electron chi connectivity index (χ1n) is 4.67. The van der Waals surface area contributed by atoms with Crippen LogP contribution in [0.3, 0.4) is 0 Å². The second-order valence-electron chi connectivity index (χ2n) is 3.42. The van der Waals surface area contributed by atoms with Crippen LogP contribution in [0.2, 0.25) is 0 Å². The first-order valence-corrected chi connectivity index (χ1v) is 4.67. The van der Waals surface area contributed by atoms with Gasteiger partial charge in [0.25, 0.3) is 0 Å². The van der Waals surface area contributed by atoms with Gasteiger partial charge in [0.05, 0.1) is 6.42 Å². The Hall–Kier alpha value is -2.10. The molecule has 0 saturated carbocycles. The number of nitrogens with zero attached hydrogens (tertiary/aromatic N) is 1. The molecule has 4 heteroatoms. The van der Waals surface area contributed by atoms with Gasteiger partial charge in [-0.2, -0.15) is 5.10 Å². The van der Waals surface area contributed by atoms with Gasteiger partial charge in [-0.05, 0) is 12.1 Å². The summed E-state index contributed by atoms with van der Waals surface area (Å²) in [5.41, 5.74) is 3.88. The summed E-state index contributed by atoms with van der Waals surface area (Å²) in [6.07, 6.45) is 0.291. The van der Waals surface area contributed by atoms with E-state index in [-0.39, 0.29) is 5.91 Å². The minimum Gasteiger partial charge on any atom is -0.455 e. The van der Waals surface area contributed by atoms with Gasteiger partial charge in [0.1, 0.15) is 11.3 Å². The monoisotopic (exact) mass is 200 g/mol. The van der Waals surface area contributed by atoms with Crippen molar-refractivity contribution in [3.63, 3.8) is 0 Å². The smallest absolute Gasteiger partial charge is 0.246 e. The highest BCUT2D eigenvalue weighted by Gasteiger charge is 2.19. The molecule has 0 atom stereocenters. The number of benzene rings is 1. The molecule has 0 fully saturated rings. The molecule has 2 aromatic rings. The predicted molar refractivity (Wildman–Crippen MR) is 55.5 cm³/mol. The molecule has 0 bridgehead atoms. The van der Waals surface area contributed by atoms with E-state index in [9.17, 15) is 4.79 Å². The molecule has 2 heterocycles. The Morgan fingerprint density at radius 1 is 1.33 bits per heavy atom. The molecule has 1 aliphatic heterocycles. The number of hydrogen-bond donors (Lipinski definition) is 1. The van der Waals surface area contributed by atoms with Gasteiger partial charge >= 0.3 is 0 Å². The summed E-state index contributed by atoms with van der Waals surface area (Å²) < 4.78 is 5.58. The van der Waals surface area contributed by atoms with E-state index in [0.717, 1.165) is 11.0 Å². The van der Waals surface area contributed by atoms with Crippen LogP contribution in [0.15, 0.2) is 39.9 Å². The van der Waals surface area contributed by atoms with Crippen LogP contribution < -0.4 is 5.43 Å². The fourth-order valence-corrected chi connectivity index (χ4v) is 1.63. The van der Waals surface area contributed by atoms with E-state index in [1.165, 1.54) is 0 Å². The van der Waals surface area contributed by atoms with Crippen molar-refractivity contribution in [1.29, 1.82) is 0 Å². The topological polar surface area (TPSA) is 54.6 Å². The maximum Gasteiger partial charge on any atom is 0.246 e. The average molecular weight is 200 g/mol. The first kappa shape index (κ1) is 8.23. The molecular weight excluding hydrogens is 192 g/mol. The number of para-hydroxylation sites is 1. The SMILES string of the molecule is O=C1CC(c2cc3ccccc3o2)=NN1. The van der Waals surface area contributed by atoms with Crippen LogP contribution in [0.25, 0.3) is 11.0 Å². The van der Waals surface area contributed by atoms with Crippen LogP contribution in [0.5, 0.6) is 0 Å². The van der Waals surface area contributed by atoms with Crippen LogP contribution in [0.1, 0.15) is 12.2 Å². The van der Waals surface area contributed by atoms with E-state index in [4.69, 9.17) is 4.42 Å². The maximum atomic E-state index is 11.0. The van der Waals surface area contributed by atoms with E-state index < -0.39 is 0 Å². The lowest BCUT2D eigenvalue weighted by atomic mass is 10.2. The highest BCUT2D eigenvalue weighted by molar-refractivity contribution is 6.13. The number of carbonyl (C=O) groups is 1. The summed E-state index contributed by atoms with van der Waals surface area (Å²) in [4.78, 5) is 11.0. The third-order valence-electron chi connectivity index (χ3n) is 2.35. The molecule has 1 aromatic carbocycles. The zero-order valence-corrected chi connectivity index (χ0v) is 7.86. The Morgan fingerprint density at radius 3 is 2.93 bits per heavy atom. The Labute approximate surface area is 85.6 Å². The van der Waals surface area contributed by atoms with Gasteiger partial charge in [-0.1, -0.05) is 18.2 Å². The Balaban J connectivity index is 2.09. The second-order valence-corrected chi connectivity index (χ2v) is 3.42. The van der Waals surface area contributed by atoms with Gasteiger partial charge in [0.2, 0.25) is 5.91 Å². The summed E-state index contributed by atoms with van der Waals surface area (Å²) >= 11 is 0. The van der Waals surface area contributed by atoms with Gasteiger partial charge in [-0.3, -0.25) is 4.79 Å². The van der Waals surface area contributed by atoms with Crippen molar-refractivity contribution in [2.45, 2.75) is 6.42 Å². The third kappa shape index (κ3) is 1.30. The summed E-state index contributed by atoms with van der Waals surface area (Å²) in [6, 6.07) is 9.61. The number of rotatable bonds is 1. The molecule has 4 nitrogen and oxygen atoms in total. The number of hydrazone groups is 1. The molecule has 0 saturated heterocycles. The molecule has 0 spiro atoms. The molecule has 1 amide bonds. The standard InChI is InChI=1S/C11H8N2O2/c14-11-6-8(12-13-11)10-5-7-3-1-2-4-9(7)15-10/h1-5H,6H2,(H,13,14). The number of fused-ring (bicyclic) bond motifs is 1. The Kier molecular flexibility index (Phi) is 1.62. The lowest BCUT2D eigenvalue weighted by Crippen LogP contribution is -2.09. The molecule has 3 rings (SSSR count). The summed E-state index contributed by atoms with van der Waals surface area (Å²) in [7, 11) is 0. The molecule has 1 aromatic heterocycles. The molecule has 1 N–H and O–H groups in total. The summed E-state index contributed by atoms with van der Waals surface area (Å²) in [5, 5.41) is 4.93. The van der Waals surface area contributed by atoms with Gasteiger partial charge in [-0.25, -0.2) is 5.43 Å². The number of furan rings is 1. The van der Waals surface area contributed by atoms with Gasteiger partial charge in [0.15, 0.2) is 5.76 Å². The zero-order valence-electron chi connectivity index (χ0n) is 7.86. The number of hydrogen-bond acceptors (Lipinski definition) is 3. The quantitative estimate of drug-likeness (QED) is 0.761. The van der Waals surface area contributed by atoms with Crippen LogP contribution in [-0.2, 0) is 4.79 Å². The van der Waals surface area contributed by atoms with E-state index in [2.05, 4.69) is 10.5 Å². The summed E-state index contributed by atoms with van der Waals surface area (Å²) in [5.74, 6) is 0.569. The number of nitrogens with one attached hydrogen (secondary N) is 1. The molecule has 0 aliphatic carbocycles. The third-order valence-corrected chi connectivity index (χ3v) is 2.35. The molecule has 74 valence electrons. The van der Waals surface area contributed by atoms with Crippen LogP contribution in [0.4, 0.5) is 0 Å². The van der Waals surface area contributed by atoms with E-state index >= 15 is 0 Å². The molecule has 15 heavy (non-hydrogen) atoms. The number of amides is 1. The van der Waals surface area contributed by atoms with Gasteiger partial charge < -0.3 is 4.42 Å². The fourth-order valence-electron chi connectivity index (χ4n) is 1.63. The molecule has 1 aliphatic rings. The van der Waals surface area contributed by atoms with Crippen molar-refractivity contribution in [3.8, 4) is 0 Å². The van der Waals surface area contributed by atoms with E-state index in [0.29, 0.717) is 17.9 Å². The lowest BCUT2D eigenvalue weighted by Gasteiger charge is -1.88. The van der Waals surface area contributed by atoms with Crippen molar-refractivity contribution in [1.82, 2.24) is 5.43 Å². The van der Waals surface area contributed by atoms with Crippen molar-refractivity contribution in [2.75, 3.05) is 0 Å². The van der Waals surface area contributed by atoms with Crippen LogP contribution >= 0.6 is 0 Å². The average Bonchev–Trinajstić information content (AvgIpc) is 2.82. The highest BCUT2D eigenvalue weighted by atomic mass is 16.3. The first-order chi connectivity index (χ1) is 7.33. The van der Waals surface area contributed by atoms with Gasteiger partial charge in [0, 0.05) is 5.39 Å². The lowest BCUT2D eigenvalue weighted by molar-refractivity contribution is -0.119. The Bertz CT molecular complexity index is 536. The van der Waals surface area contributed by atoms with E-state index in [1.54, 1.807) is 0 Å². The van der Waals surface area contributed by atoms with Crippen molar-refractivity contribution in [2.24, 2.45) is 5.10 Å². The molecular formula is C11H8N2O2. The minimum atomic E-state index is -0.0922. The van der Waals surface area contributed by atoms with Gasteiger partial charge in [-0.15, -0.1) is 0 Å². The fraction of sp³-hybridized carbons (Fsp3) is 0.0909. The number of carbonyl (C=O) groups excluding carboxylic acids is 1. The second kappa shape index (κ2) is 2.95. The van der Waals surface area contributed by atoms with Crippen LogP contribution in [-0.4, -0.2) is 11.6 Å². The summed E-state index contributed by atoms with van der Waals surface area (Å²) in [6.45, 7) is 0. The van der Waals surface area contributed by atoms with E-state index in [1.807, 2.05) is 30.3 Å². The van der Waals surface area contributed by atoms with Crippen molar-refractivity contribution < 1.29 is 9.21 Å². The predicted octanol–water partition coefficient (Wildman–Crippen LogP) is 1.66. The normalized spacial score (nSPS) is 15.5. The van der Waals surface area contributed by atoms with Crippen LogP contribution in [0, 0.1) is 0 Å². The largest absolute Gasteiger partial charge is 0.455 e. The highest BCUT2D eigenvalue weighted by Crippen LogP contribution is 2.20. The Morgan fingerprint density at radius 2 is 2.20 bits per heavy atom. The molecule has 0 radical (unpaired) electrons. The van der Waals surface area contributed by atoms with Crippen molar-refractivity contribution in [3.05, 3.63) is 36.1 Å². The zero-order chi connectivity index (χ0) is 10.3. The minimum absolute atomic E-state index is 0.0922. The molecule has 0 unspecified atom stereocenters.